The number of aromatic nitrogens is 1. The molecule has 0 radical (unpaired) electrons. The third-order valence-electron chi connectivity index (χ3n) is 4.08. The summed E-state index contributed by atoms with van der Waals surface area (Å²) in [5, 5.41) is 4.38. The number of nitrogens with zero attached hydrogens (tertiary/aromatic N) is 3. The molecular formula is C15H22N4OS2. The molecule has 0 aliphatic carbocycles. The van der Waals surface area contributed by atoms with E-state index in [0.29, 0.717) is 0 Å². The Morgan fingerprint density at radius 2 is 2.23 bits per heavy atom. The lowest BCUT2D eigenvalue weighted by Gasteiger charge is -2.33. The summed E-state index contributed by atoms with van der Waals surface area (Å²) in [7, 11) is 0. The van der Waals surface area contributed by atoms with E-state index < -0.39 is 0 Å². The van der Waals surface area contributed by atoms with Gasteiger partial charge in [0.25, 0.3) is 5.91 Å². The molecule has 2 aromatic rings. The topological polar surface area (TPSA) is 48.5 Å². The lowest BCUT2D eigenvalue weighted by atomic mass is 10.2. The molecule has 120 valence electrons. The maximum absolute atomic E-state index is 12.7. The predicted molar refractivity (Wildman–Crippen MR) is 94.4 cm³/mol. The van der Waals surface area contributed by atoms with Crippen LogP contribution >= 0.6 is 22.7 Å². The minimum atomic E-state index is 0.147. The average molecular weight is 339 g/mol. The second kappa shape index (κ2) is 6.52. The molecule has 0 saturated carbocycles. The van der Waals surface area contributed by atoms with E-state index in [1.54, 1.807) is 11.3 Å². The van der Waals surface area contributed by atoms with E-state index in [9.17, 15) is 4.79 Å². The zero-order valence-electron chi connectivity index (χ0n) is 13.3. The van der Waals surface area contributed by atoms with Crippen molar-refractivity contribution in [3.63, 3.8) is 0 Å². The number of thiophene rings is 1. The third kappa shape index (κ3) is 2.85. The number of hydrogen-bond acceptors (Lipinski definition) is 6. The summed E-state index contributed by atoms with van der Waals surface area (Å²) >= 11 is 3.20. The molecule has 0 aromatic carbocycles. The van der Waals surface area contributed by atoms with Crippen LogP contribution in [0.2, 0.25) is 0 Å². The molecule has 1 aliphatic heterocycles. The van der Waals surface area contributed by atoms with Gasteiger partial charge in [0.1, 0.15) is 4.83 Å². The van der Waals surface area contributed by atoms with Gasteiger partial charge in [-0.1, -0.05) is 11.3 Å². The van der Waals surface area contributed by atoms with Crippen LogP contribution in [0.3, 0.4) is 0 Å². The molecule has 1 atom stereocenters. The summed E-state index contributed by atoms with van der Waals surface area (Å²) in [5.41, 5.74) is 0. The summed E-state index contributed by atoms with van der Waals surface area (Å²) < 4.78 is 1.12. The highest BCUT2D eigenvalue weighted by molar-refractivity contribution is 7.29. The Hall–Kier alpha value is -1.18. The molecule has 22 heavy (non-hydrogen) atoms. The summed E-state index contributed by atoms with van der Waals surface area (Å²) in [5.74, 6) is 0.147. The molecule has 7 heteroatoms. The first-order chi connectivity index (χ1) is 10.6. The number of hydrogen-bond donors (Lipinski definition) is 1. The fourth-order valence-corrected chi connectivity index (χ4v) is 5.04. The van der Waals surface area contributed by atoms with Gasteiger partial charge in [0.2, 0.25) is 0 Å². The van der Waals surface area contributed by atoms with Gasteiger partial charge in [-0.2, -0.15) is 0 Å². The monoisotopic (exact) mass is 338 g/mol. The van der Waals surface area contributed by atoms with Gasteiger partial charge in [-0.3, -0.25) is 4.79 Å². The number of anilines is 1. The van der Waals surface area contributed by atoms with Crippen molar-refractivity contribution >= 4 is 43.2 Å². The van der Waals surface area contributed by atoms with Crippen LogP contribution in [0.25, 0.3) is 9.53 Å². The molecule has 0 bridgehead atoms. The Bertz CT molecular complexity index is 630. The van der Waals surface area contributed by atoms with Gasteiger partial charge < -0.3 is 15.1 Å². The van der Waals surface area contributed by atoms with Crippen molar-refractivity contribution in [2.75, 3.05) is 37.6 Å². The molecule has 1 saturated heterocycles. The molecule has 0 spiro atoms. The van der Waals surface area contributed by atoms with Gasteiger partial charge >= 0.3 is 0 Å². The van der Waals surface area contributed by atoms with E-state index in [-0.39, 0.29) is 11.9 Å². The van der Waals surface area contributed by atoms with E-state index in [0.717, 1.165) is 52.3 Å². The van der Waals surface area contributed by atoms with Crippen molar-refractivity contribution < 1.29 is 4.79 Å². The second-order valence-corrected chi connectivity index (χ2v) is 7.54. The van der Waals surface area contributed by atoms with Gasteiger partial charge in [0.05, 0.1) is 9.58 Å². The summed E-state index contributed by atoms with van der Waals surface area (Å²) in [6, 6.07) is 2.27. The Labute approximate surface area is 138 Å². The molecule has 3 rings (SSSR count). The van der Waals surface area contributed by atoms with Gasteiger partial charge in [-0.25, -0.2) is 4.98 Å². The average Bonchev–Trinajstić information content (AvgIpc) is 3.07. The van der Waals surface area contributed by atoms with Gasteiger partial charge in [-0.05, 0) is 26.8 Å². The fourth-order valence-electron chi connectivity index (χ4n) is 2.74. The number of fused-ring (bicyclic) bond motifs is 1. The number of piperazine rings is 1. The molecule has 2 aromatic heterocycles. The first-order valence-corrected chi connectivity index (χ1v) is 9.44. The number of thiazole rings is 1. The molecule has 0 unspecified atom stereocenters. The zero-order chi connectivity index (χ0) is 15.7. The molecular weight excluding hydrogens is 316 g/mol. The largest absolute Gasteiger partial charge is 0.349 e. The van der Waals surface area contributed by atoms with Crippen LogP contribution in [0.15, 0.2) is 6.07 Å². The lowest BCUT2D eigenvalue weighted by Crippen LogP contribution is -2.52. The van der Waals surface area contributed by atoms with Gasteiger partial charge in [0.15, 0.2) is 5.13 Å². The summed E-state index contributed by atoms with van der Waals surface area (Å²) in [6.07, 6.45) is 0. The van der Waals surface area contributed by atoms with Crippen molar-refractivity contribution in [1.29, 1.82) is 0 Å². The maximum Gasteiger partial charge on any atom is 0.264 e. The molecule has 1 amide bonds. The Morgan fingerprint density at radius 3 is 2.86 bits per heavy atom. The van der Waals surface area contributed by atoms with Crippen LogP contribution in [0.1, 0.15) is 30.4 Å². The van der Waals surface area contributed by atoms with Crippen molar-refractivity contribution in [3.05, 3.63) is 10.9 Å². The molecule has 1 aliphatic rings. The highest BCUT2D eigenvalue weighted by atomic mass is 32.1. The third-order valence-corrected chi connectivity index (χ3v) is 6.29. The van der Waals surface area contributed by atoms with Gasteiger partial charge in [-0.15, -0.1) is 11.3 Å². The predicted octanol–water partition coefficient (Wildman–Crippen LogP) is 2.64. The van der Waals surface area contributed by atoms with Crippen LogP contribution in [0, 0.1) is 0 Å². The number of amides is 1. The van der Waals surface area contributed by atoms with Crippen molar-refractivity contribution in [2.45, 2.75) is 26.8 Å². The molecule has 1 N–H and O–H groups in total. The second-order valence-electron chi connectivity index (χ2n) is 5.50. The van der Waals surface area contributed by atoms with E-state index in [4.69, 9.17) is 4.98 Å². The smallest absolute Gasteiger partial charge is 0.264 e. The minimum Gasteiger partial charge on any atom is -0.349 e. The minimum absolute atomic E-state index is 0.147. The van der Waals surface area contributed by atoms with Crippen molar-refractivity contribution in [2.24, 2.45) is 0 Å². The SMILES string of the molecule is CCN(CC)c1nc2sc(C(=O)N3CCNC[C@H]3C)cc2s1. The highest BCUT2D eigenvalue weighted by Crippen LogP contribution is 2.35. The van der Waals surface area contributed by atoms with Crippen LogP contribution in [-0.4, -0.2) is 54.6 Å². The number of carbonyl (C=O) groups excluding carboxylic acids is 1. The maximum atomic E-state index is 12.7. The van der Waals surface area contributed by atoms with E-state index >= 15 is 0 Å². The van der Waals surface area contributed by atoms with Crippen molar-refractivity contribution in [3.8, 4) is 0 Å². The number of carbonyl (C=O) groups is 1. The van der Waals surface area contributed by atoms with E-state index in [2.05, 4.69) is 31.0 Å². The molecule has 1 fully saturated rings. The van der Waals surface area contributed by atoms with E-state index in [1.165, 1.54) is 11.3 Å². The number of nitrogens with one attached hydrogen (secondary N) is 1. The number of rotatable bonds is 4. The fraction of sp³-hybridized carbons (Fsp3) is 0.600. The van der Waals surface area contributed by atoms with Crippen LogP contribution < -0.4 is 10.2 Å². The summed E-state index contributed by atoms with van der Waals surface area (Å²) in [4.78, 5) is 23.4. The Balaban J connectivity index is 1.83. The Kier molecular flexibility index (Phi) is 4.65. The normalized spacial score (nSPS) is 18.9. The first kappa shape index (κ1) is 15.7. The summed E-state index contributed by atoms with van der Waals surface area (Å²) in [6.45, 7) is 10.8. The molecule has 5 nitrogen and oxygen atoms in total. The quantitative estimate of drug-likeness (QED) is 0.931. The van der Waals surface area contributed by atoms with Gasteiger partial charge in [0, 0.05) is 38.8 Å². The Morgan fingerprint density at radius 1 is 1.45 bits per heavy atom. The van der Waals surface area contributed by atoms with Crippen molar-refractivity contribution in [1.82, 2.24) is 15.2 Å². The lowest BCUT2D eigenvalue weighted by molar-refractivity contribution is 0.0661. The van der Waals surface area contributed by atoms with Crippen LogP contribution in [0.5, 0.6) is 0 Å². The first-order valence-electron chi connectivity index (χ1n) is 7.81. The zero-order valence-corrected chi connectivity index (χ0v) is 14.9. The standard InChI is InChI=1S/C15H22N4OS2/c1-4-18(5-2)15-17-13-11(22-15)8-12(21-13)14(20)19-7-6-16-9-10(19)3/h8,10,16H,4-7,9H2,1-3H3/t10-/m1/s1. The molecule has 3 heterocycles. The van der Waals surface area contributed by atoms with Crippen LogP contribution in [-0.2, 0) is 0 Å². The van der Waals surface area contributed by atoms with Crippen LogP contribution in [0.4, 0.5) is 5.13 Å². The highest BCUT2D eigenvalue weighted by Gasteiger charge is 2.26. The van der Waals surface area contributed by atoms with E-state index in [1.807, 2.05) is 11.0 Å².